The van der Waals surface area contributed by atoms with Crippen molar-refractivity contribution >= 4 is 34.8 Å². The van der Waals surface area contributed by atoms with Crippen molar-refractivity contribution < 1.29 is 9.18 Å². The van der Waals surface area contributed by atoms with Crippen molar-refractivity contribution in [3.63, 3.8) is 0 Å². The molecule has 0 aromatic heterocycles. The molecule has 0 aliphatic carbocycles. The molecule has 3 nitrogen and oxygen atoms in total. The van der Waals surface area contributed by atoms with Crippen molar-refractivity contribution in [2.24, 2.45) is 5.92 Å². The Kier molecular flexibility index (Phi) is 6.11. The van der Waals surface area contributed by atoms with E-state index >= 15 is 0 Å². The summed E-state index contributed by atoms with van der Waals surface area (Å²) in [6, 6.07) is 10.6. The average molecular weight is 449 g/mol. The SMILES string of the molecule is CC(C)CC(=O)N1CC2(CCN(Cc3ccc(Cl)c(Cl)c3)CC2)c2cc(F)ccc21. The molecule has 1 fully saturated rings. The number of hydrogen-bond acceptors (Lipinski definition) is 2. The molecule has 0 N–H and O–H groups in total. The van der Waals surface area contributed by atoms with E-state index in [0.29, 0.717) is 28.9 Å². The first-order valence-corrected chi connectivity index (χ1v) is 11.3. The van der Waals surface area contributed by atoms with Crippen molar-refractivity contribution in [3.05, 3.63) is 63.4 Å². The van der Waals surface area contributed by atoms with Crippen molar-refractivity contribution in [1.29, 1.82) is 0 Å². The average Bonchev–Trinajstić information content (AvgIpc) is 3.00. The fourth-order valence-corrected chi connectivity index (χ4v) is 5.11. The first-order valence-electron chi connectivity index (χ1n) is 10.5. The highest BCUT2D eigenvalue weighted by molar-refractivity contribution is 6.42. The summed E-state index contributed by atoms with van der Waals surface area (Å²) < 4.78 is 14.1. The van der Waals surface area contributed by atoms with Crippen molar-refractivity contribution in [3.8, 4) is 0 Å². The van der Waals surface area contributed by atoms with E-state index in [-0.39, 0.29) is 17.1 Å². The van der Waals surface area contributed by atoms with Gasteiger partial charge in [0.15, 0.2) is 0 Å². The number of halogens is 3. The molecule has 0 unspecified atom stereocenters. The van der Waals surface area contributed by atoms with Crippen LogP contribution in [0, 0.1) is 11.7 Å². The van der Waals surface area contributed by atoms with Gasteiger partial charge in [0.1, 0.15) is 5.82 Å². The smallest absolute Gasteiger partial charge is 0.227 e. The molecule has 4 rings (SSSR count). The van der Waals surface area contributed by atoms with Gasteiger partial charge in [-0.1, -0.05) is 43.1 Å². The molecule has 2 aliphatic heterocycles. The van der Waals surface area contributed by atoms with Gasteiger partial charge in [0.05, 0.1) is 10.0 Å². The van der Waals surface area contributed by atoms with Crippen LogP contribution in [0.3, 0.4) is 0 Å². The summed E-state index contributed by atoms with van der Waals surface area (Å²) in [4.78, 5) is 17.2. The van der Waals surface area contributed by atoms with Gasteiger partial charge in [0.25, 0.3) is 0 Å². The van der Waals surface area contributed by atoms with Crippen LogP contribution in [0.4, 0.5) is 10.1 Å². The highest BCUT2D eigenvalue weighted by Gasteiger charge is 2.46. The predicted molar refractivity (Wildman–Crippen MR) is 121 cm³/mol. The molecule has 0 radical (unpaired) electrons. The van der Waals surface area contributed by atoms with E-state index in [2.05, 4.69) is 18.7 Å². The lowest BCUT2D eigenvalue weighted by Crippen LogP contribution is -2.45. The van der Waals surface area contributed by atoms with Crippen LogP contribution in [0.2, 0.25) is 10.0 Å². The maximum Gasteiger partial charge on any atom is 0.227 e. The molecule has 1 amide bonds. The van der Waals surface area contributed by atoms with Crippen LogP contribution in [-0.2, 0) is 16.8 Å². The van der Waals surface area contributed by atoms with Gasteiger partial charge in [-0.25, -0.2) is 4.39 Å². The van der Waals surface area contributed by atoms with Crippen LogP contribution < -0.4 is 4.90 Å². The van der Waals surface area contributed by atoms with E-state index in [1.165, 1.54) is 6.07 Å². The maximum absolute atomic E-state index is 14.1. The van der Waals surface area contributed by atoms with Crippen LogP contribution in [0.15, 0.2) is 36.4 Å². The number of benzene rings is 2. The minimum Gasteiger partial charge on any atom is -0.311 e. The molecule has 1 spiro atoms. The largest absolute Gasteiger partial charge is 0.311 e. The molecule has 2 aromatic carbocycles. The van der Waals surface area contributed by atoms with Gasteiger partial charge >= 0.3 is 0 Å². The quantitative estimate of drug-likeness (QED) is 0.567. The molecule has 2 heterocycles. The second-order valence-corrected chi connectivity index (χ2v) is 9.86. The Hall–Kier alpha value is -1.62. The minimum absolute atomic E-state index is 0.132. The molecular formula is C24H27Cl2FN2O. The second kappa shape index (κ2) is 8.49. The molecule has 30 heavy (non-hydrogen) atoms. The molecule has 0 saturated carbocycles. The monoisotopic (exact) mass is 448 g/mol. The summed E-state index contributed by atoms with van der Waals surface area (Å²) in [5, 5.41) is 1.14. The molecular weight excluding hydrogens is 422 g/mol. The number of rotatable bonds is 4. The molecule has 160 valence electrons. The predicted octanol–water partition coefficient (Wildman–Crippen LogP) is 6.06. The zero-order valence-electron chi connectivity index (χ0n) is 17.4. The van der Waals surface area contributed by atoms with Gasteiger partial charge in [-0.3, -0.25) is 9.69 Å². The Morgan fingerprint density at radius 1 is 1.10 bits per heavy atom. The van der Waals surface area contributed by atoms with Crippen LogP contribution in [-0.4, -0.2) is 30.4 Å². The third-order valence-electron chi connectivity index (χ3n) is 6.37. The van der Waals surface area contributed by atoms with Crippen molar-refractivity contribution in [2.45, 2.75) is 45.1 Å². The number of nitrogens with zero attached hydrogens (tertiary/aromatic N) is 2. The lowest BCUT2D eigenvalue weighted by molar-refractivity contribution is -0.119. The van der Waals surface area contributed by atoms with Gasteiger partial charge < -0.3 is 4.90 Å². The van der Waals surface area contributed by atoms with E-state index in [9.17, 15) is 9.18 Å². The van der Waals surface area contributed by atoms with Gasteiger partial charge in [0, 0.05) is 30.6 Å². The summed E-state index contributed by atoms with van der Waals surface area (Å²) in [6.07, 6.45) is 2.31. The standard InChI is InChI=1S/C24H27Cl2FN2O/c1-16(2)11-23(30)29-15-24(19-13-18(27)4-6-22(19)29)7-9-28(10-8-24)14-17-3-5-20(25)21(26)12-17/h3-6,12-13,16H,7-11,14-15H2,1-2H3. The van der Waals surface area contributed by atoms with Crippen molar-refractivity contribution in [1.82, 2.24) is 4.90 Å². The number of hydrogen-bond donors (Lipinski definition) is 0. The van der Waals surface area contributed by atoms with Crippen molar-refractivity contribution in [2.75, 3.05) is 24.5 Å². The molecule has 0 atom stereocenters. The molecule has 6 heteroatoms. The van der Waals surface area contributed by atoms with E-state index in [1.807, 2.05) is 23.1 Å². The minimum atomic E-state index is -0.232. The third kappa shape index (κ3) is 4.23. The lowest BCUT2D eigenvalue weighted by Gasteiger charge is -2.40. The number of amides is 1. The maximum atomic E-state index is 14.1. The fourth-order valence-electron chi connectivity index (χ4n) is 4.79. The van der Waals surface area contributed by atoms with Crippen LogP contribution >= 0.6 is 23.2 Å². The van der Waals surface area contributed by atoms with Crippen LogP contribution in [0.1, 0.15) is 44.2 Å². The Morgan fingerprint density at radius 3 is 2.50 bits per heavy atom. The highest BCUT2D eigenvalue weighted by Crippen LogP contribution is 2.47. The van der Waals surface area contributed by atoms with E-state index in [4.69, 9.17) is 23.2 Å². The van der Waals surface area contributed by atoms with E-state index in [1.54, 1.807) is 12.1 Å². The number of piperidine rings is 1. The fraction of sp³-hybridized carbons (Fsp3) is 0.458. The molecule has 2 aliphatic rings. The summed E-state index contributed by atoms with van der Waals surface area (Å²) in [6.45, 7) is 7.34. The first kappa shape index (κ1) is 21.6. The number of carbonyl (C=O) groups is 1. The first-order chi connectivity index (χ1) is 14.3. The van der Waals surface area contributed by atoms with E-state index < -0.39 is 0 Å². The highest BCUT2D eigenvalue weighted by atomic mass is 35.5. The summed E-state index contributed by atoms with van der Waals surface area (Å²) in [7, 11) is 0. The van der Waals surface area contributed by atoms with Gasteiger partial charge in [-0.15, -0.1) is 0 Å². The second-order valence-electron chi connectivity index (χ2n) is 9.04. The molecule has 2 aromatic rings. The molecule has 1 saturated heterocycles. The molecule has 0 bridgehead atoms. The Labute approximate surface area is 187 Å². The summed E-state index contributed by atoms with van der Waals surface area (Å²) >= 11 is 12.2. The van der Waals surface area contributed by atoms with Gasteiger partial charge in [-0.05, 0) is 73.3 Å². The lowest BCUT2D eigenvalue weighted by atomic mass is 9.74. The number of anilines is 1. The third-order valence-corrected chi connectivity index (χ3v) is 7.11. The topological polar surface area (TPSA) is 23.6 Å². The van der Waals surface area contributed by atoms with Crippen LogP contribution in [0.25, 0.3) is 0 Å². The van der Waals surface area contributed by atoms with E-state index in [0.717, 1.165) is 49.3 Å². The summed E-state index contributed by atoms with van der Waals surface area (Å²) in [5.74, 6) is 0.198. The Balaban J connectivity index is 1.52. The zero-order valence-corrected chi connectivity index (χ0v) is 18.9. The Morgan fingerprint density at radius 2 is 1.83 bits per heavy atom. The zero-order chi connectivity index (χ0) is 21.5. The van der Waals surface area contributed by atoms with Crippen LogP contribution in [0.5, 0.6) is 0 Å². The number of likely N-dealkylation sites (tertiary alicyclic amines) is 1. The number of carbonyl (C=O) groups excluding carboxylic acids is 1. The summed E-state index contributed by atoms with van der Waals surface area (Å²) in [5.41, 5.74) is 2.85. The van der Waals surface area contributed by atoms with Gasteiger partial charge in [-0.2, -0.15) is 0 Å². The number of fused-ring (bicyclic) bond motifs is 2. The Bertz CT molecular complexity index is 954. The van der Waals surface area contributed by atoms with Gasteiger partial charge in [0.2, 0.25) is 5.91 Å². The normalized spacial score (nSPS) is 18.3.